The summed E-state index contributed by atoms with van der Waals surface area (Å²) < 4.78 is 5.59. The largest absolute Gasteiger partial charge is 0.481 e. The predicted molar refractivity (Wildman–Crippen MR) is 102 cm³/mol. The van der Waals surface area contributed by atoms with Gasteiger partial charge in [-0.05, 0) is 56.6 Å². The van der Waals surface area contributed by atoms with Gasteiger partial charge in [-0.2, -0.15) is 0 Å². The molecule has 8 heteroatoms. The maximum absolute atomic E-state index is 11.1. The van der Waals surface area contributed by atoms with Gasteiger partial charge in [-0.1, -0.05) is 23.7 Å². The van der Waals surface area contributed by atoms with Crippen LogP contribution in [-0.4, -0.2) is 22.5 Å². The lowest BCUT2D eigenvalue weighted by Gasteiger charge is -2.19. The van der Waals surface area contributed by atoms with Gasteiger partial charge in [0.15, 0.2) is 0 Å². The number of carbonyl (C=O) groups is 1. The average Bonchev–Trinajstić information content (AvgIpc) is 2.61. The molecule has 2 rings (SSSR count). The van der Waals surface area contributed by atoms with Crippen molar-refractivity contribution >= 4 is 23.3 Å². The van der Waals surface area contributed by atoms with E-state index in [2.05, 4.69) is 5.32 Å². The minimum atomic E-state index is -0.818. The van der Waals surface area contributed by atoms with Gasteiger partial charge in [0.25, 0.3) is 0 Å². The van der Waals surface area contributed by atoms with Gasteiger partial charge in [-0.25, -0.2) is 0 Å². The van der Waals surface area contributed by atoms with Crippen LogP contribution in [0.25, 0.3) is 0 Å². The summed E-state index contributed by atoms with van der Waals surface area (Å²) in [4.78, 5) is 21.6. The Balaban J connectivity index is 1.92. The molecule has 0 amide bonds. The standard InChI is InChI=1S/C19H21ClN2O5/c1-19(2,18(23)24)9-10-21-12-13-3-6-15(7-4-13)27-17-8-5-14(20)11-16(17)22(25)26/h3-8,11,21H,9-10,12H2,1-2H3,(H,23,24). The normalized spacial score (nSPS) is 11.2. The summed E-state index contributed by atoms with van der Waals surface area (Å²) in [6.45, 7) is 4.55. The average molecular weight is 393 g/mol. The number of nitro benzene ring substituents is 1. The van der Waals surface area contributed by atoms with E-state index in [1.165, 1.54) is 18.2 Å². The van der Waals surface area contributed by atoms with Gasteiger partial charge in [0, 0.05) is 17.6 Å². The van der Waals surface area contributed by atoms with E-state index in [4.69, 9.17) is 21.4 Å². The molecule has 0 saturated heterocycles. The summed E-state index contributed by atoms with van der Waals surface area (Å²) in [6, 6.07) is 11.3. The van der Waals surface area contributed by atoms with Gasteiger partial charge in [-0.3, -0.25) is 14.9 Å². The van der Waals surface area contributed by atoms with E-state index in [9.17, 15) is 14.9 Å². The molecule has 2 aromatic carbocycles. The summed E-state index contributed by atoms with van der Waals surface area (Å²) in [5.41, 5.74) is 0.0215. The van der Waals surface area contributed by atoms with E-state index in [-0.39, 0.29) is 16.5 Å². The van der Waals surface area contributed by atoms with Crippen molar-refractivity contribution in [2.24, 2.45) is 5.41 Å². The first-order chi connectivity index (χ1) is 12.7. The van der Waals surface area contributed by atoms with Gasteiger partial charge in [-0.15, -0.1) is 0 Å². The Morgan fingerprint density at radius 3 is 2.52 bits per heavy atom. The smallest absolute Gasteiger partial charge is 0.313 e. The highest BCUT2D eigenvalue weighted by Crippen LogP contribution is 2.33. The van der Waals surface area contributed by atoms with Gasteiger partial charge >= 0.3 is 11.7 Å². The fourth-order valence-corrected chi connectivity index (χ4v) is 2.43. The van der Waals surface area contributed by atoms with Crippen LogP contribution in [0.1, 0.15) is 25.8 Å². The van der Waals surface area contributed by atoms with Crippen LogP contribution < -0.4 is 10.1 Å². The Labute approximate surface area is 162 Å². The SMILES string of the molecule is CC(C)(CCNCc1ccc(Oc2ccc(Cl)cc2[N+](=O)[O-])cc1)C(=O)O. The molecule has 0 aliphatic carbocycles. The Morgan fingerprint density at radius 2 is 1.93 bits per heavy atom. The predicted octanol–water partition coefficient (Wildman–Crippen LogP) is 4.63. The fraction of sp³-hybridized carbons (Fsp3) is 0.316. The van der Waals surface area contributed by atoms with Gasteiger partial charge in [0.1, 0.15) is 5.75 Å². The Morgan fingerprint density at radius 1 is 1.26 bits per heavy atom. The minimum absolute atomic E-state index is 0.117. The molecule has 0 bridgehead atoms. The van der Waals surface area contributed by atoms with Crippen LogP contribution >= 0.6 is 11.6 Å². The van der Waals surface area contributed by atoms with Crippen molar-refractivity contribution in [3.05, 3.63) is 63.2 Å². The van der Waals surface area contributed by atoms with Gasteiger partial charge in [0.2, 0.25) is 5.75 Å². The second kappa shape index (κ2) is 8.83. The molecule has 0 fully saturated rings. The zero-order valence-electron chi connectivity index (χ0n) is 15.1. The van der Waals surface area contributed by atoms with Crippen LogP contribution in [-0.2, 0) is 11.3 Å². The van der Waals surface area contributed by atoms with Gasteiger partial charge < -0.3 is 15.2 Å². The van der Waals surface area contributed by atoms with Crippen LogP contribution in [0.5, 0.6) is 11.5 Å². The van der Waals surface area contributed by atoms with E-state index in [0.29, 0.717) is 25.3 Å². The molecule has 0 radical (unpaired) electrons. The highest BCUT2D eigenvalue weighted by molar-refractivity contribution is 6.30. The molecule has 0 unspecified atom stereocenters. The first-order valence-corrected chi connectivity index (χ1v) is 8.72. The summed E-state index contributed by atoms with van der Waals surface area (Å²) in [5.74, 6) is -0.232. The third-order valence-electron chi connectivity index (χ3n) is 4.10. The number of nitrogens with zero attached hydrogens (tertiary/aromatic N) is 1. The highest BCUT2D eigenvalue weighted by atomic mass is 35.5. The first kappa shape index (κ1) is 20.7. The zero-order valence-corrected chi connectivity index (χ0v) is 15.8. The molecule has 0 aliphatic rings. The van der Waals surface area contributed by atoms with Crippen molar-refractivity contribution in [3.8, 4) is 11.5 Å². The lowest BCUT2D eigenvalue weighted by Crippen LogP contribution is -2.28. The molecule has 27 heavy (non-hydrogen) atoms. The lowest BCUT2D eigenvalue weighted by atomic mass is 9.90. The summed E-state index contributed by atoms with van der Waals surface area (Å²) >= 11 is 5.79. The van der Waals surface area contributed by atoms with E-state index in [1.807, 2.05) is 12.1 Å². The molecule has 0 saturated carbocycles. The Kier molecular flexibility index (Phi) is 6.76. The molecule has 0 aromatic heterocycles. The number of rotatable bonds is 9. The molecule has 0 atom stereocenters. The first-order valence-electron chi connectivity index (χ1n) is 8.34. The third-order valence-corrected chi connectivity index (χ3v) is 4.34. The van der Waals surface area contributed by atoms with Crippen molar-refractivity contribution < 1.29 is 19.6 Å². The van der Waals surface area contributed by atoms with Crippen LogP contribution in [0.4, 0.5) is 5.69 Å². The van der Waals surface area contributed by atoms with Crippen LogP contribution in [0, 0.1) is 15.5 Å². The number of nitro groups is 1. The number of hydrogen-bond acceptors (Lipinski definition) is 5. The van der Waals surface area contributed by atoms with Crippen LogP contribution in [0.2, 0.25) is 5.02 Å². The molecule has 0 spiro atoms. The number of carboxylic acids is 1. The highest BCUT2D eigenvalue weighted by Gasteiger charge is 2.26. The number of aliphatic carboxylic acids is 1. The quantitative estimate of drug-likeness (QED) is 0.366. The van der Waals surface area contributed by atoms with E-state index < -0.39 is 16.3 Å². The second-order valence-electron chi connectivity index (χ2n) is 6.73. The number of hydrogen-bond donors (Lipinski definition) is 2. The summed E-state index contributed by atoms with van der Waals surface area (Å²) in [6.07, 6.45) is 0.518. The number of nitrogens with one attached hydrogen (secondary N) is 1. The number of carboxylic acid groups (broad SMARTS) is 1. The Hall–Kier alpha value is -2.64. The van der Waals surface area contributed by atoms with Crippen LogP contribution in [0.3, 0.4) is 0 Å². The molecule has 144 valence electrons. The molecule has 0 heterocycles. The molecule has 2 aromatic rings. The summed E-state index contributed by atoms with van der Waals surface area (Å²) in [5, 5.41) is 23.7. The maximum Gasteiger partial charge on any atom is 0.313 e. The molecule has 2 N–H and O–H groups in total. The van der Waals surface area contributed by atoms with Crippen molar-refractivity contribution in [2.75, 3.05) is 6.54 Å². The van der Waals surface area contributed by atoms with Crippen molar-refractivity contribution in [1.82, 2.24) is 5.32 Å². The fourth-order valence-electron chi connectivity index (χ4n) is 2.26. The van der Waals surface area contributed by atoms with Crippen molar-refractivity contribution in [1.29, 1.82) is 0 Å². The summed E-state index contributed by atoms with van der Waals surface area (Å²) in [7, 11) is 0. The number of halogens is 1. The van der Waals surface area contributed by atoms with E-state index in [1.54, 1.807) is 26.0 Å². The maximum atomic E-state index is 11.1. The van der Waals surface area contributed by atoms with Crippen LogP contribution in [0.15, 0.2) is 42.5 Å². The van der Waals surface area contributed by atoms with E-state index >= 15 is 0 Å². The third kappa shape index (κ3) is 5.94. The second-order valence-corrected chi connectivity index (χ2v) is 7.17. The lowest BCUT2D eigenvalue weighted by molar-refractivity contribution is -0.385. The Bertz CT molecular complexity index is 821. The molecule has 7 nitrogen and oxygen atoms in total. The molecular weight excluding hydrogens is 372 g/mol. The van der Waals surface area contributed by atoms with Crippen molar-refractivity contribution in [3.63, 3.8) is 0 Å². The molecular formula is C19H21ClN2O5. The number of benzene rings is 2. The van der Waals surface area contributed by atoms with Crippen molar-refractivity contribution in [2.45, 2.75) is 26.8 Å². The minimum Gasteiger partial charge on any atom is -0.481 e. The monoisotopic (exact) mass is 392 g/mol. The zero-order chi connectivity index (χ0) is 20.0. The number of ether oxygens (including phenoxy) is 1. The van der Waals surface area contributed by atoms with E-state index in [0.717, 1.165) is 5.56 Å². The topological polar surface area (TPSA) is 102 Å². The molecule has 0 aliphatic heterocycles. The van der Waals surface area contributed by atoms with Gasteiger partial charge in [0.05, 0.1) is 10.3 Å².